The Morgan fingerprint density at radius 1 is 1.19 bits per heavy atom. The fourth-order valence-corrected chi connectivity index (χ4v) is 3.32. The third-order valence-corrected chi connectivity index (χ3v) is 4.64. The van der Waals surface area contributed by atoms with Crippen LogP contribution in [0.25, 0.3) is 22.2 Å². The molecule has 0 aliphatic rings. The summed E-state index contributed by atoms with van der Waals surface area (Å²) in [5, 5.41) is 14.0. The normalized spacial score (nSPS) is 10.9. The molecule has 3 rings (SSSR count). The molecule has 0 aliphatic heterocycles. The minimum atomic E-state index is -0.0414. The Bertz CT molecular complexity index is 950. The molecule has 1 aromatic heterocycles. The number of phenols is 1. The van der Waals surface area contributed by atoms with Crippen LogP contribution in [0.1, 0.15) is 23.6 Å². The zero-order valence-electron chi connectivity index (χ0n) is 15.6. The van der Waals surface area contributed by atoms with E-state index in [1.807, 2.05) is 44.2 Å². The molecule has 0 saturated carbocycles. The van der Waals surface area contributed by atoms with Gasteiger partial charge in [0.05, 0.1) is 7.11 Å². The highest BCUT2D eigenvalue weighted by Crippen LogP contribution is 2.35. The number of carbonyl (C=O) groups is 1. The lowest BCUT2D eigenvalue weighted by molar-refractivity contribution is -0.118. The summed E-state index contributed by atoms with van der Waals surface area (Å²) >= 11 is 0. The molecule has 5 nitrogen and oxygen atoms in total. The van der Waals surface area contributed by atoms with Crippen LogP contribution < -0.4 is 10.1 Å². The third kappa shape index (κ3) is 3.38. The summed E-state index contributed by atoms with van der Waals surface area (Å²) in [6.45, 7) is 5.87. The fourth-order valence-electron chi connectivity index (χ4n) is 3.32. The zero-order valence-corrected chi connectivity index (χ0v) is 15.6. The molecule has 0 atom stereocenters. The molecule has 1 amide bonds. The predicted octanol–water partition coefficient (Wildman–Crippen LogP) is 3.84. The van der Waals surface area contributed by atoms with Crippen molar-refractivity contribution < 1.29 is 14.6 Å². The van der Waals surface area contributed by atoms with Crippen LogP contribution in [0.2, 0.25) is 0 Å². The summed E-state index contributed by atoms with van der Waals surface area (Å²) in [6, 6.07) is 9.89. The highest BCUT2D eigenvalue weighted by atomic mass is 16.5. The Balaban J connectivity index is 2.15. The van der Waals surface area contributed by atoms with Crippen molar-refractivity contribution in [1.82, 2.24) is 10.3 Å². The second kappa shape index (κ2) is 7.12. The van der Waals surface area contributed by atoms with Crippen LogP contribution in [0.3, 0.4) is 0 Å². The van der Waals surface area contributed by atoms with Gasteiger partial charge in [-0.05, 0) is 72.9 Å². The van der Waals surface area contributed by atoms with Crippen LogP contribution in [0.5, 0.6) is 11.5 Å². The number of hydrogen-bond donors (Lipinski definition) is 3. The number of fused-ring (bicyclic) bond motifs is 1. The Hall–Kier alpha value is -2.95. The van der Waals surface area contributed by atoms with Gasteiger partial charge >= 0.3 is 0 Å². The largest absolute Gasteiger partial charge is 0.507 e. The number of aromatic nitrogens is 1. The van der Waals surface area contributed by atoms with Gasteiger partial charge in [0.2, 0.25) is 5.91 Å². The standard InChI is InChI=1S/C21H24N2O3/c1-12-9-15(10-13(2)21(12)25)20-17(7-8-22-14(3)24)18-11-16(26-4)5-6-19(18)23-20/h5-6,9-11,23,25H,7-8H2,1-4H3,(H,22,24). The van der Waals surface area contributed by atoms with Crippen molar-refractivity contribution in [1.29, 1.82) is 0 Å². The first-order valence-electron chi connectivity index (χ1n) is 8.64. The molecule has 26 heavy (non-hydrogen) atoms. The highest BCUT2D eigenvalue weighted by Gasteiger charge is 2.16. The summed E-state index contributed by atoms with van der Waals surface area (Å²) in [4.78, 5) is 14.7. The third-order valence-electron chi connectivity index (χ3n) is 4.64. The second-order valence-corrected chi connectivity index (χ2v) is 6.58. The van der Waals surface area contributed by atoms with E-state index < -0.39 is 0 Å². The second-order valence-electron chi connectivity index (χ2n) is 6.58. The number of hydrogen-bond acceptors (Lipinski definition) is 3. The lowest BCUT2D eigenvalue weighted by atomic mass is 9.98. The number of rotatable bonds is 5. The van der Waals surface area contributed by atoms with Gasteiger partial charge in [-0.2, -0.15) is 0 Å². The van der Waals surface area contributed by atoms with Crippen molar-refractivity contribution in [2.24, 2.45) is 0 Å². The van der Waals surface area contributed by atoms with Gasteiger partial charge in [-0.1, -0.05) is 0 Å². The van der Waals surface area contributed by atoms with E-state index in [-0.39, 0.29) is 5.91 Å². The fraction of sp³-hybridized carbons (Fsp3) is 0.286. The van der Waals surface area contributed by atoms with Crippen molar-refractivity contribution in [3.63, 3.8) is 0 Å². The van der Waals surface area contributed by atoms with Crippen LogP contribution in [-0.4, -0.2) is 29.7 Å². The van der Waals surface area contributed by atoms with Crippen molar-refractivity contribution >= 4 is 16.8 Å². The Morgan fingerprint density at radius 3 is 2.50 bits per heavy atom. The van der Waals surface area contributed by atoms with Crippen LogP contribution in [-0.2, 0) is 11.2 Å². The van der Waals surface area contributed by atoms with E-state index in [1.54, 1.807) is 7.11 Å². The van der Waals surface area contributed by atoms with Gasteiger partial charge in [0.1, 0.15) is 11.5 Å². The zero-order chi connectivity index (χ0) is 18.8. The molecule has 0 radical (unpaired) electrons. The van der Waals surface area contributed by atoms with E-state index in [4.69, 9.17) is 4.74 Å². The first-order valence-corrected chi connectivity index (χ1v) is 8.64. The molecule has 136 valence electrons. The van der Waals surface area contributed by atoms with Crippen LogP contribution in [0.4, 0.5) is 0 Å². The first-order chi connectivity index (χ1) is 12.4. The number of aryl methyl sites for hydroxylation is 2. The van der Waals surface area contributed by atoms with Crippen molar-refractivity contribution in [2.75, 3.05) is 13.7 Å². The van der Waals surface area contributed by atoms with E-state index in [9.17, 15) is 9.90 Å². The Kier molecular flexibility index (Phi) is 4.89. The predicted molar refractivity (Wildman–Crippen MR) is 104 cm³/mol. The molecular weight excluding hydrogens is 328 g/mol. The molecule has 2 aromatic carbocycles. The molecule has 0 saturated heterocycles. The van der Waals surface area contributed by atoms with Gasteiger partial charge in [0, 0.05) is 30.1 Å². The van der Waals surface area contributed by atoms with Crippen LogP contribution in [0, 0.1) is 13.8 Å². The SMILES string of the molecule is COc1ccc2[nH]c(-c3cc(C)c(O)c(C)c3)c(CCNC(C)=O)c2c1. The average molecular weight is 352 g/mol. The number of methoxy groups -OCH3 is 1. The first kappa shape index (κ1) is 17.9. The Labute approximate surface area is 153 Å². The van der Waals surface area contributed by atoms with Gasteiger partial charge in [-0.3, -0.25) is 4.79 Å². The number of ether oxygens (including phenoxy) is 1. The smallest absolute Gasteiger partial charge is 0.216 e. The molecule has 3 N–H and O–H groups in total. The average Bonchev–Trinajstić information content (AvgIpc) is 2.96. The van der Waals surface area contributed by atoms with E-state index >= 15 is 0 Å². The molecule has 0 fully saturated rings. The minimum Gasteiger partial charge on any atom is -0.507 e. The molecule has 0 aliphatic carbocycles. The lowest BCUT2D eigenvalue weighted by Crippen LogP contribution is -2.22. The van der Waals surface area contributed by atoms with Crippen molar-refractivity contribution in [2.45, 2.75) is 27.2 Å². The number of aromatic hydroxyl groups is 1. The summed E-state index contributed by atoms with van der Waals surface area (Å²) < 4.78 is 5.37. The van der Waals surface area contributed by atoms with Gasteiger partial charge in [-0.25, -0.2) is 0 Å². The van der Waals surface area contributed by atoms with Gasteiger partial charge in [0.15, 0.2) is 0 Å². The van der Waals surface area contributed by atoms with E-state index in [1.165, 1.54) is 6.92 Å². The van der Waals surface area contributed by atoms with E-state index in [0.717, 1.165) is 44.6 Å². The molecule has 5 heteroatoms. The van der Waals surface area contributed by atoms with Gasteiger partial charge < -0.3 is 20.1 Å². The molecule has 1 heterocycles. The van der Waals surface area contributed by atoms with Gasteiger partial charge in [-0.15, -0.1) is 0 Å². The molecular formula is C21H24N2O3. The number of carbonyl (C=O) groups excluding carboxylic acids is 1. The maximum absolute atomic E-state index is 11.3. The minimum absolute atomic E-state index is 0.0414. The van der Waals surface area contributed by atoms with E-state index in [2.05, 4.69) is 10.3 Å². The van der Waals surface area contributed by atoms with Crippen molar-refractivity contribution in [3.05, 3.63) is 47.0 Å². The molecule has 0 spiro atoms. The number of H-pyrrole nitrogens is 1. The number of phenolic OH excluding ortho intramolecular Hbond substituents is 1. The molecule has 3 aromatic rings. The number of amides is 1. The highest BCUT2D eigenvalue weighted by molar-refractivity contribution is 5.92. The Morgan fingerprint density at radius 2 is 1.88 bits per heavy atom. The van der Waals surface area contributed by atoms with Gasteiger partial charge in [0.25, 0.3) is 0 Å². The molecule has 0 bridgehead atoms. The van der Waals surface area contributed by atoms with E-state index in [0.29, 0.717) is 18.7 Å². The lowest BCUT2D eigenvalue weighted by Gasteiger charge is -2.10. The monoisotopic (exact) mass is 352 g/mol. The molecule has 0 unspecified atom stereocenters. The summed E-state index contributed by atoms with van der Waals surface area (Å²) in [5.41, 5.74) is 5.84. The topological polar surface area (TPSA) is 74.3 Å². The number of nitrogens with one attached hydrogen (secondary N) is 2. The van der Waals surface area contributed by atoms with Crippen LogP contribution in [0.15, 0.2) is 30.3 Å². The number of aromatic amines is 1. The van der Waals surface area contributed by atoms with Crippen molar-refractivity contribution in [3.8, 4) is 22.8 Å². The maximum Gasteiger partial charge on any atom is 0.216 e. The maximum atomic E-state index is 11.3. The summed E-state index contributed by atoms with van der Waals surface area (Å²) in [6.07, 6.45) is 0.695. The van der Waals surface area contributed by atoms with Crippen LogP contribution >= 0.6 is 0 Å². The summed E-state index contributed by atoms with van der Waals surface area (Å²) in [5.74, 6) is 1.08. The number of benzene rings is 2. The quantitative estimate of drug-likeness (QED) is 0.653. The summed E-state index contributed by atoms with van der Waals surface area (Å²) in [7, 11) is 1.65.